The maximum atomic E-state index is 12.4. The summed E-state index contributed by atoms with van der Waals surface area (Å²) in [7, 11) is 1.61. The van der Waals surface area contributed by atoms with Crippen LogP contribution in [-0.4, -0.2) is 32.9 Å². The van der Waals surface area contributed by atoms with Crippen molar-refractivity contribution in [3.63, 3.8) is 0 Å². The van der Waals surface area contributed by atoms with Gasteiger partial charge in [0.2, 0.25) is 0 Å². The Morgan fingerprint density at radius 3 is 2.73 bits per heavy atom. The smallest absolute Gasteiger partial charge is 0.311 e. The van der Waals surface area contributed by atoms with E-state index < -0.39 is 16.4 Å². The number of phenols is 1. The number of carbonyl (C=O) groups excluding carboxylic acids is 1. The first-order chi connectivity index (χ1) is 10.4. The Labute approximate surface area is 127 Å². The number of nitro benzene ring substituents is 1. The molecule has 1 aromatic carbocycles. The average Bonchev–Trinajstić information content (AvgIpc) is 2.53. The first-order valence-corrected chi connectivity index (χ1v) is 6.56. The largest absolute Gasteiger partial charge is 0.502 e. The Balaban J connectivity index is 2.28. The monoisotopic (exact) mass is 301 g/mol. The summed E-state index contributed by atoms with van der Waals surface area (Å²) in [6, 6.07) is 6.96. The third-order valence-corrected chi connectivity index (χ3v) is 3.49. The van der Waals surface area contributed by atoms with Gasteiger partial charge in [-0.15, -0.1) is 0 Å². The number of hydrogen-bond acceptors (Lipinski definition) is 5. The van der Waals surface area contributed by atoms with E-state index >= 15 is 0 Å². The number of aromatic hydroxyl groups is 1. The zero-order valence-electron chi connectivity index (χ0n) is 12.1. The molecule has 2 aromatic rings. The Kier molecular flexibility index (Phi) is 4.36. The van der Waals surface area contributed by atoms with Gasteiger partial charge in [0.1, 0.15) is 0 Å². The summed E-state index contributed by atoms with van der Waals surface area (Å²) in [6.07, 6.45) is 3.30. The van der Waals surface area contributed by atoms with Crippen molar-refractivity contribution in [2.24, 2.45) is 0 Å². The van der Waals surface area contributed by atoms with E-state index in [1.165, 1.54) is 11.0 Å². The van der Waals surface area contributed by atoms with E-state index in [-0.39, 0.29) is 17.5 Å². The number of hydrogen-bond donors (Lipinski definition) is 1. The van der Waals surface area contributed by atoms with E-state index in [1.807, 2.05) is 13.0 Å². The van der Waals surface area contributed by atoms with Crippen molar-refractivity contribution in [1.29, 1.82) is 0 Å². The lowest BCUT2D eigenvalue weighted by atomic mass is 10.1. The van der Waals surface area contributed by atoms with Crippen molar-refractivity contribution in [3.8, 4) is 5.75 Å². The molecule has 0 fully saturated rings. The fourth-order valence-electron chi connectivity index (χ4n) is 2.03. The van der Waals surface area contributed by atoms with Crippen molar-refractivity contribution in [2.75, 3.05) is 7.05 Å². The van der Waals surface area contributed by atoms with Gasteiger partial charge in [-0.05, 0) is 30.7 Å². The number of benzene rings is 1. The lowest BCUT2D eigenvalue weighted by Gasteiger charge is -2.25. The summed E-state index contributed by atoms with van der Waals surface area (Å²) in [4.78, 5) is 28.0. The van der Waals surface area contributed by atoms with Crippen LogP contribution in [0.25, 0.3) is 0 Å². The van der Waals surface area contributed by atoms with Crippen LogP contribution in [0.15, 0.2) is 42.7 Å². The number of rotatable bonds is 4. The molecule has 7 heteroatoms. The third kappa shape index (κ3) is 3.03. The quantitative estimate of drug-likeness (QED) is 0.691. The van der Waals surface area contributed by atoms with Gasteiger partial charge in [0.15, 0.2) is 5.75 Å². The molecule has 2 rings (SSSR count). The number of carbonyl (C=O) groups is 1. The van der Waals surface area contributed by atoms with Gasteiger partial charge < -0.3 is 10.0 Å². The van der Waals surface area contributed by atoms with Gasteiger partial charge in [0.25, 0.3) is 5.91 Å². The highest BCUT2D eigenvalue weighted by Crippen LogP contribution is 2.28. The SMILES string of the molecule is C[C@@H](c1cccnc1)N(C)C(=O)c1ccc(O)c([N+](=O)[O-])c1. The Bertz CT molecular complexity index is 703. The summed E-state index contributed by atoms with van der Waals surface area (Å²) in [5.41, 5.74) is 0.502. The van der Waals surface area contributed by atoms with Crippen LogP contribution in [0, 0.1) is 10.1 Å². The summed E-state index contributed by atoms with van der Waals surface area (Å²) in [5, 5.41) is 20.3. The van der Waals surface area contributed by atoms with Crippen LogP contribution >= 0.6 is 0 Å². The lowest BCUT2D eigenvalue weighted by Crippen LogP contribution is -2.29. The molecule has 0 bridgehead atoms. The molecule has 1 N–H and O–H groups in total. The second kappa shape index (κ2) is 6.21. The van der Waals surface area contributed by atoms with E-state index in [9.17, 15) is 20.0 Å². The van der Waals surface area contributed by atoms with Crippen LogP contribution in [0.4, 0.5) is 5.69 Å². The predicted molar refractivity (Wildman–Crippen MR) is 79.5 cm³/mol. The van der Waals surface area contributed by atoms with Crippen LogP contribution in [0.1, 0.15) is 28.9 Å². The first kappa shape index (κ1) is 15.4. The molecule has 0 aliphatic carbocycles. The Morgan fingerprint density at radius 1 is 1.41 bits per heavy atom. The van der Waals surface area contributed by atoms with Crippen molar-refractivity contribution in [1.82, 2.24) is 9.88 Å². The van der Waals surface area contributed by atoms with Gasteiger partial charge in [-0.2, -0.15) is 0 Å². The number of nitro groups is 1. The summed E-state index contributed by atoms with van der Waals surface area (Å²) < 4.78 is 0. The fraction of sp³-hybridized carbons (Fsp3) is 0.200. The zero-order valence-corrected chi connectivity index (χ0v) is 12.1. The normalized spacial score (nSPS) is 11.7. The molecule has 1 amide bonds. The van der Waals surface area contributed by atoms with Crippen molar-refractivity contribution in [2.45, 2.75) is 13.0 Å². The fourth-order valence-corrected chi connectivity index (χ4v) is 2.03. The van der Waals surface area contributed by atoms with E-state index in [0.717, 1.165) is 17.7 Å². The van der Waals surface area contributed by atoms with Crippen LogP contribution in [0.5, 0.6) is 5.75 Å². The molecule has 114 valence electrons. The molecule has 22 heavy (non-hydrogen) atoms. The molecule has 0 radical (unpaired) electrons. The number of pyridine rings is 1. The van der Waals surface area contributed by atoms with Crippen LogP contribution in [-0.2, 0) is 0 Å². The van der Waals surface area contributed by atoms with Crippen molar-refractivity contribution in [3.05, 3.63) is 64.0 Å². The highest BCUT2D eigenvalue weighted by atomic mass is 16.6. The summed E-state index contributed by atoms with van der Waals surface area (Å²) >= 11 is 0. The lowest BCUT2D eigenvalue weighted by molar-refractivity contribution is -0.385. The van der Waals surface area contributed by atoms with E-state index in [2.05, 4.69) is 4.98 Å². The van der Waals surface area contributed by atoms with Gasteiger partial charge in [-0.25, -0.2) is 0 Å². The summed E-state index contributed by atoms with van der Waals surface area (Å²) in [6.45, 7) is 1.84. The maximum absolute atomic E-state index is 12.4. The molecule has 0 unspecified atom stereocenters. The molecule has 1 atom stereocenters. The minimum Gasteiger partial charge on any atom is -0.502 e. The van der Waals surface area contributed by atoms with Gasteiger partial charge in [-0.3, -0.25) is 19.9 Å². The Morgan fingerprint density at radius 2 is 2.14 bits per heavy atom. The number of amides is 1. The molecule has 0 aliphatic heterocycles. The molecular formula is C15H15N3O4. The van der Waals surface area contributed by atoms with Crippen LogP contribution in [0.2, 0.25) is 0 Å². The molecule has 0 saturated heterocycles. The Hall–Kier alpha value is -2.96. The molecular weight excluding hydrogens is 286 g/mol. The highest BCUT2D eigenvalue weighted by Gasteiger charge is 2.22. The van der Waals surface area contributed by atoms with Crippen LogP contribution < -0.4 is 0 Å². The first-order valence-electron chi connectivity index (χ1n) is 6.56. The summed E-state index contributed by atoms with van der Waals surface area (Å²) in [5.74, 6) is -0.844. The minimum absolute atomic E-state index is 0.141. The molecule has 0 saturated carbocycles. The zero-order chi connectivity index (χ0) is 16.3. The second-order valence-corrected chi connectivity index (χ2v) is 4.84. The van der Waals surface area contributed by atoms with Crippen LogP contribution in [0.3, 0.4) is 0 Å². The topological polar surface area (TPSA) is 96.6 Å². The molecule has 7 nitrogen and oxygen atoms in total. The number of aromatic nitrogens is 1. The minimum atomic E-state index is -0.726. The maximum Gasteiger partial charge on any atom is 0.311 e. The second-order valence-electron chi connectivity index (χ2n) is 4.84. The van der Waals surface area contributed by atoms with E-state index in [4.69, 9.17) is 0 Å². The van der Waals surface area contributed by atoms with Crippen molar-refractivity contribution < 1.29 is 14.8 Å². The van der Waals surface area contributed by atoms with Gasteiger partial charge in [-0.1, -0.05) is 6.07 Å². The van der Waals surface area contributed by atoms with Crippen molar-refractivity contribution >= 4 is 11.6 Å². The number of phenolic OH excluding ortho intramolecular Hbond substituents is 1. The molecule has 1 heterocycles. The third-order valence-electron chi connectivity index (χ3n) is 3.49. The van der Waals surface area contributed by atoms with E-state index in [1.54, 1.807) is 25.5 Å². The number of nitrogens with zero attached hydrogens (tertiary/aromatic N) is 3. The standard InChI is InChI=1S/C15H15N3O4/c1-10(12-4-3-7-16-9-12)17(2)15(20)11-5-6-14(19)13(8-11)18(21)22/h3-10,19H,1-2H3/t10-/m0/s1. The predicted octanol–water partition coefficient (Wildman–Crippen LogP) is 2.53. The van der Waals surface area contributed by atoms with Gasteiger partial charge >= 0.3 is 5.69 Å². The van der Waals surface area contributed by atoms with Gasteiger partial charge in [0.05, 0.1) is 11.0 Å². The average molecular weight is 301 g/mol. The molecule has 0 spiro atoms. The molecule has 1 aromatic heterocycles. The molecule has 0 aliphatic rings. The highest BCUT2D eigenvalue weighted by molar-refractivity contribution is 5.95. The van der Waals surface area contributed by atoms with Gasteiger partial charge in [0, 0.05) is 31.1 Å². The van der Waals surface area contributed by atoms with E-state index in [0.29, 0.717) is 0 Å².